The van der Waals surface area contributed by atoms with E-state index in [1.807, 2.05) is 0 Å². The molecule has 0 aliphatic heterocycles. The van der Waals surface area contributed by atoms with Gasteiger partial charge < -0.3 is 0 Å². The van der Waals surface area contributed by atoms with E-state index in [0.717, 1.165) is 5.69 Å². The van der Waals surface area contributed by atoms with Crippen LogP contribution < -0.4 is 0 Å². The topological polar surface area (TPSA) is 12.9 Å². The highest BCUT2D eigenvalue weighted by molar-refractivity contribution is 6.42. The van der Waals surface area contributed by atoms with Gasteiger partial charge in [0.25, 0.3) is 0 Å². The van der Waals surface area contributed by atoms with Crippen LogP contribution in [0.5, 0.6) is 0 Å². The summed E-state index contributed by atoms with van der Waals surface area (Å²) in [6.07, 6.45) is 1.68. The number of hydrogen-bond acceptors (Lipinski definition) is 1. The van der Waals surface area contributed by atoms with Gasteiger partial charge in [0.05, 0.1) is 15.7 Å². The van der Waals surface area contributed by atoms with Crippen LogP contribution in [0.15, 0.2) is 12.3 Å². The largest absolute Gasteiger partial charge is 0.259 e. The van der Waals surface area contributed by atoms with Gasteiger partial charge in [-0.2, -0.15) is 0 Å². The molecule has 0 amide bonds. The Hall–Kier alpha value is -0.270. The molecular weight excluding hydrogens is 193 g/mol. The Kier molecular flexibility index (Phi) is 2.64. The zero-order valence-corrected chi connectivity index (χ0v) is 8.87. The van der Waals surface area contributed by atoms with Crippen LogP contribution in [0.4, 0.5) is 0 Å². The van der Waals surface area contributed by atoms with Crippen molar-refractivity contribution in [2.24, 2.45) is 0 Å². The van der Waals surface area contributed by atoms with Crippen LogP contribution in [0.25, 0.3) is 0 Å². The molecule has 0 aliphatic rings. The molecule has 0 spiro atoms. The van der Waals surface area contributed by atoms with E-state index < -0.39 is 0 Å². The minimum absolute atomic E-state index is 0.0536. The number of pyridine rings is 1. The molecule has 1 nitrogen and oxygen atoms in total. The third kappa shape index (κ3) is 1.90. The predicted molar refractivity (Wildman–Crippen MR) is 53.0 cm³/mol. The zero-order chi connectivity index (χ0) is 9.35. The van der Waals surface area contributed by atoms with Crippen molar-refractivity contribution in [2.45, 2.75) is 26.2 Å². The maximum Gasteiger partial charge on any atom is 0.0813 e. The SMILES string of the molecule is CC(C)(C)c1nccc(Cl)c1Cl. The third-order valence-electron chi connectivity index (χ3n) is 1.55. The van der Waals surface area contributed by atoms with Crippen molar-refractivity contribution in [1.82, 2.24) is 4.98 Å². The molecule has 12 heavy (non-hydrogen) atoms. The normalized spacial score (nSPS) is 11.8. The highest BCUT2D eigenvalue weighted by Gasteiger charge is 2.19. The summed E-state index contributed by atoms with van der Waals surface area (Å²) in [5.74, 6) is 0. The number of nitrogens with zero attached hydrogens (tertiary/aromatic N) is 1. The quantitative estimate of drug-likeness (QED) is 0.628. The highest BCUT2D eigenvalue weighted by atomic mass is 35.5. The van der Waals surface area contributed by atoms with Gasteiger partial charge in [-0.1, -0.05) is 44.0 Å². The second kappa shape index (κ2) is 3.23. The van der Waals surface area contributed by atoms with E-state index in [-0.39, 0.29) is 5.41 Å². The lowest BCUT2D eigenvalue weighted by Crippen LogP contribution is -2.14. The Labute approximate surface area is 82.7 Å². The van der Waals surface area contributed by atoms with Gasteiger partial charge in [-0.25, -0.2) is 0 Å². The number of hydrogen-bond donors (Lipinski definition) is 0. The van der Waals surface area contributed by atoms with Crippen molar-refractivity contribution in [3.63, 3.8) is 0 Å². The maximum absolute atomic E-state index is 5.98. The summed E-state index contributed by atoms with van der Waals surface area (Å²) in [6, 6.07) is 1.69. The van der Waals surface area contributed by atoms with Crippen LogP contribution in [-0.2, 0) is 5.41 Å². The fraction of sp³-hybridized carbons (Fsp3) is 0.444. The Morgan fingerprint density at radius 1 is 1.25 bits per heavy atom. The molecule has 0 N–H and O–H groups in total. The molecular formula is C9H11Cl2N. The molecule has 3 heteroatoms. The summed E-state index contributed by atoms with van der Waals surface area (Å²) in [6.45, 7) is 6.16. The van der Waals surface area contributed by atoms with Gasteiger partial charge in [0.1, 0.15) is 0 Å². The van der Waals surface area contributed by atoms with Crippen molar-refractivity contribution in [1.29, 1.82) is 0 Å². The maximum atomic E-state index is 5.98. The molecule has 0 aromatic carbocycles. The van der Waals surface area contributed by atoms with E-state index in [0.29, 0.717) is 10.0 Å². The Balaban J connectivity index is 3.26. The lowest BCUT2D eigenvalue weighted by Gasteiger charge is -2.19. The van der Waals surface area contributed by atoms with Crippen LogP contribution in [-0.4, -0.2) is 4.98 Å². The van der Waals surface area contributed by atoms with Gasteiger partial charge in [-0.05, 0) is 6.07 Å². The highest BCUT2D eigenvalue weighted by Crippen LogP contribution is 2.31. The van der Waals surface area contributed by atoms with Crippen LogP contribution in [0, 0.1) is 0 Å². The van der Waals surface area contributed by atoms with Crippen molar-refractivity contribution in [2.75, 3.05) is 0 Å². The van der Waals surface area contributed by atoms with Gasteiger partial charge in [0.2, 0.25) is 0 Å². The second-order valence-corrected chi connectivity index (χ2v) is 4.49. The second-order valence-electron chi connectivity index (χ2n) is 3.71. The van der Waals surface area contributed by atoms with E-state index >= 15 is 0 Å². The summed E-state index contributed by atoms with van der Waals surface area (Å²) >= 11 is 11.8. The molecule has 0 atom stereocenters. The molecule has 1 heterocycles. The average molecular weight is 204 g/mol. The molecule has 1 rings (SSSR count). The molecule has 66 valence electrons. The molecule has 0 fully saturated rings. The molecule has 0 aliphatic carbocycles. The monoisotopic (exact) mass is 203 g/mol. The fourth-order valence-corrected chi connectivity index (χ4v) is 1.48. The summed E-state index contributed by atoms with van der Waals surface area (Å²) in [5, 5.41) is 1.13. The molecule has 0 saturated heterocycles. The van der Waals surface area contributed by atoms with E-state index in [1.165, 1.54) is 0 Å². The third-order valence-corrected chi connectivity index (χ3v) is 2.35. The summed E-state index contributed by atoms with van der Waals surface area (Å²) in [4.78, 5) is 4.19. The lowest BCUT2D eigenvalue weighted by molar-refractivity contribution is 0.569. The zero-order valence-electron chi connectivity index (χ0n) is 7.36. The van der Waals surface area contributed by atoms with E-state index in [1.54, 1.807) is 12.3 Å². The summed E-state index contributed by atoms with van der Waals surface area (Å²) < 4.78 is 0. The van der Waals surface area contributed by atoms with Crippen LogP contribution >= 0.6 is 23.2 Å². The standard InChI is InChI=1S/C9H11Cl2N/c1-9(2,3)8-7(11)6(10)4-5-12-8/h4-5H,1-3H3. The predicted octanol–water partition coefficient (Wildman–Crippen LogP) is 3.69. The molecule has 0 radical (unpaired) electrons. The van der Waals surface area contributed by atoms with Crippen molar-refractivity contribution >= 4 is 23.2 Å². The first-order chi connectivity index (χ1) is 5.43. The number of rotatable bonds is 0. The lowest BCUT2D eigenvalue weighted by atomic mass is 9.92. The van der Waals surface area contributed by atoms with E-state index in [4.69, 9.17) is 23.2 Å². The summed E-state index contributed by atoms with van der Waals surface area (Å²) in [5.41, 5.74) is 0.791. The molecule has 1 aromatic heterocycles. The van der Waals surface area contributed by atoms with Crippen molar-refractivity contribution < 1.29 is 0 Å². The van der Waals surface area contributed by atoms with Gasteiger partial charge in [-0.15, -0.1) is 0 Å². The van der Waals surface area contributed by atoms with Gasteiger partial charge in [0, 0.05) is 11.6 Å². The first kappa shape index (κ1) is 9.82. The van der Waals surface area contributed by atoms with Crippen LogP contribution in [0.3, 0.4) is 0 Å². The average Bonchev–Trinajstić information content (AvgIpc) is 1.92. The van der Waals surface area contributed by atoms with Gasteiger partial charge in [-0.3, -0.25) is 4.98 Å². The summed E-state index contributed by atoms with van der Waals surface area (Å²) in [7, 11) is 0. The van der Waals surface area contributed by atoms with Crippen molar-refractivity contribution in [3.8, 4) is 0 Å². The van der Waals surface area contributed by atoms with Gasteiger partial charge in [0.15, 0.2) is 0 Å². The Bertz CT molecular complexity index is 289. The number of aromatic nitrogens is 1. The van der Waals surface area contributed by atoms with E-state index in [9.17, 15) is 0 Å². The van der Waals surface area contributed by atoms with Crippen molar-refractivity contribution in [3.05, 3.63) is 28.0 Å². The minimum Gasteiger partial charge on any atom is -0.259 e. The molecule has 0 bridgehead atoms. The Morgan fingerprint density at radius 3 is 2.25 bits per heavy atom. The Morgan fingerprint density at radius 2 is 1.83 bits per heavy atom. The van der Waals surface area contributed by atoms with E-state index in [2.05, 4.69) is 25.8 Å². The fourth-order valence-electron chi connectivity index (χ4n) is 0.943. The smallest absolute Gasteiger partial charge is 0.0813 e. The minimum atomic E-state index is -0.0536. The molecule has 0 saturated carbocycles. The molecule has 1 aromatic rings. The number of halogens is 2. The van der Waals surface area contributed by atoms with Gasteiger partial charge >= 0.3 is 0 Å². The molecule has 0 unspecified atom stereocenters. The van der Waals surface area contributed by atoms with Crippen LogP contribution in [0.1, 0.15) is 26.5 Å². The first-order valence-electron chi connectivity index (χ1n) is 3.73. The first-order valence-corrected chi connectivity index (χ1v) is 4.49. The van der Waals surface area contributed by atoms with Crippen LogP contribution in [0.2, 0.25) is 10.0 Å².